The van der Waals surface area contributed by atoms with Crippen LogP contribution in [0.1, 0.15) is 93.2 Å². The number of rotatable bonds is 38. The van der Waals surface area contributed by atoms with E-state index in [1.165, 1.54) is 109 Å². The number of hydrogen-bond acceptors (Lipinski definition) is 26. The topological polar surface area (TPSA) is 411 Å². The van der Waals surface area contributed by atoms with Crippen molar-refractivity contribution in [2.75, 3.05) is 79.5 Å². The standard InChI is InChI=1S/C41H61N2O16PS.C29H41N2O12PS/c1-25(2)21-43(61(49,50)33-16-14-31(51-9)15-17-33)22-36(44)35(42-41(47)57-37-23-53-40-34(37)18-19-52-40)20-30-10-12-32(13-11-30)54-24-60(48,58-28(7)38(45)55-26(3)4)59-29(8)39(46)56-27(5)6;1-19(2)15-31(45(37,38)23-10-8-21(39-3)9-11-23)16-26(32)25(14-20-4-6-22(7-5-20)42-18-44(34,35)36)30-29(33)43-27-17-41-28-24(27)12-13-40-28/h10-17,25-29,34-37,40,44H,18-24H2,1-9H3,(H,42,47);4-11,19,24-28,32H,12-18H2,1-3H3,(H,30,33)(H2,34,35,36)/t28-,29-,34?,35-,36+,37-,40+;24?,25-,26+,27-,28+/m00/s1. The van der Waals surface area contributed by atoms with Crippen LogP contribution in [0.2, 0.25) is 0 Å². The van der Waals surface area contributed by atoms with Gasteiger partial charge in [0.15, 0.2) is 37.5 Å². The van der Waals surface area contributed by atoms with Gasteiger partial charge in [0.2, 0.25) is 20.0 Å². The van der Waals surface area contributed by atoms with E-state index in [-0.39, 0.29) is 97.2 Å². The molecule has 4 saturated heterocycles. The normalized spacial score (nSPS) is 20.5. The van der Waals surface area contributed by atoms with Crippen LogP contribution in [0.4, 0.5) is 9.59 Å². The Labute approximate surface area is 619 Å². The summed E-state index contributed by atoms with van der Waals surface area (Å²) in [7, 11) is -13.9. The van der Waals surface area contributed by atoms with Crippen LogP contribution in [0.25, 0.3) is 0 Å². The largest absolute Gasteiger partial charge is 0.497 e. The number of hydrogen-bond donors (Lipinski definition) is 6. The number of carbonyl (C=O) groups is 4. The molecule has 2 unspecified atom stereocenters. The molecule has 0 saturated carbocycles. The summed E-state index contributed by atoms with van der Waals surface area (Å²) in [6.45, 7) is 17.4. The summed E-state index contributed by atoms with van der Waals surface area (Å²) in [5.41, 5.74) is 1.22. The van der Waals surface area contributed by atoms with Crippen molar-refractivity contribution in [2.24, 2.45) is 23.7 Å². The number of alkyl carbamates (subject to hydrolysis) is 2. The van der Waals surface area contributed by atoms with Crippen molar-refractivity contribution in [1.82, 2.24) is 19.2 Å². The van der Waals surface area contributed by atoms with E-state index in [0.717, 1.165) is 0 Å². The summed E-state index contributed by atoms with van der Waals surface area (Å²) in [4.78, 5) is 69.7. The van der Waals surface area contributed by atoms with Crippen molar-refractivity contribution in [3.05, 3.63) is 108 Å². The van der Waals surface area contributed by atoms with Crippen LogP contribution in [0.15, 0.2) is 107 Å². The van der Waals surface area contributed by atoms with Gasteiger partial charge in [-0.05, 0) is 163 Å². The highest BCUT2D eigenvalue weighted by atomic mass is 32.2. The van der Waals surface area contributed by atoms with E-state index in [9.17, 15) is 55.4 Å². The first-order chi connectivity index (χ1) is 49.9. The summed E-state index contributed by atoms with van der Waals surface area (Å²) in [6.07, 6.45) is -10.1. The number of ether oxygens (including phenoxy) is 12. The van der Waals surface area contributed by atoms with E-state index < -0.39 is 146 Å². The van der Waals surface area contributed by atoms with Gasteiger partial charge >= 0.3 is 39.3 Å². The summed E-state index contributed by atoms with van der Waals surface area (Å²) < 4.78 is 159. The summed E-state index contributed by atoms with van der Waals surface area (Å²) in [6, 6.07) is 22.4. The second-order valence-electron chi connectivity index (χ2n) is 27.3. The van der Waals surface area contributed by atoms with Crippen molar-refractivity contribution >= 4 is 59.4 Å². The van der Waals surface area contributed by atoms with Gasteiger partial charge in [0.1, 0.15) is 35.2 Å². The highest BCUT2D eigenvalue weighted by Crippen LogP contribution is 2.51. The first-order valence-electron chi connectivity index (χ1n) is 34.8. The molecule has 36 heteroatoms. The quantitative estimate of drug-likeness (QED) is 0.0145. The second kappa shape index (κ2) is 39.7. The van der Waals surface area contributed by atoms with E-state index >= 15 is 0 Å². The Hall–Kier alpha value is -6.56. The highest BCUT2D eigenvalue weighted by Gasteiger charge is 2.46. The molecule has 0 radical (unpaired) electrons. The fourth-order valence-corrected chi connectivity index (χ4v) is 16.9. The van der Waals surface area contributed by atoms with Crippen molar-refractivity contribution in [3.8, 4) is 23.0 Å². The number of sulfonamides is 2. The SMILES string of the molecule is COc1ccc(S(=O)(=O)N(CC(C)C)C[C@@H](O)[C@H](Cc2ccc(OCP(=O)(O)O)cc2)NC(=O)O[C@H]2CO[C@H]3OCCC32)cc1.COc1ccc(S(=O)(=O)N(CC(C)C)C[C@@H](O)[C@H](Cc2ccc(OCP(=O)(O[C@@H](C)C(=O)OC(C)C)O[C@@H](C)C(=O)OC(C)C)cc2)NC(=O)O[C@H]2CO[C@H]3OCCC32)cc1. The maximum atomic E-state index is 14.0. The predicted molar refractivity (Wildman–Crippen MR) is 382 cm³/mol. The minimum absolute atomic E-state index is 0.00507. The molecular weight excluding hydrogens is 1470 g/mol. The lowest BCUT2D eigenvalue weighted by molar-refractivity contribution is -0.157. The molecule has 4 fully saturated rings. The zero-order valence-electron chi connectivity index (χ0n) is 61.6. The van der Waals surface area contributed by atoms with Gasteiger partial charge in [-0.25, -0.2) is 36.0 Å². The van der Waals surface area contributed by atoms with Crippen LogP contribution in [0.5, 0.6) is 23.0 Å². The molecule has 12 atom stereocenters. The molecule has 32 nitrogen and oxygen atoms in total. The Balaban J connectivity index is 0.000000309. The van der Waals surface area contributed by atoms with Gasteiger partial charge in [-0.3, -0.25) is 18.2 Å². The zero-order valence-corrected chi connectivity index (χ0v) is 65.0. The van der Waals surface area contributed by atoms with E-state index in [2.05, 4.69) is 10.6 Å². The van der Waals surface area contributed by atoms with Crippen molar-refractivity contribution in [2.45, 2.75) is 178 Å². The van der Waals surface area contributed by atoms with Gasteiger partial charge < -0.3 is 87.5 Å². The number of aliphatic hydroxyl groups is 2. The fourth-order valence-electron chi connectivity index (χ4n) is 11.7. The van der Waals surface area contributed by atoms with E-state index in [4.69, 9.17) is 75.7 Å². The molecule has 0 aromatic heterocycles. The maximum Gasteiger partial charge on any atom is 0.407 e. The Morgan fingerprint density at radius 2 is 0.858 bits per heavy atom. The number of fused-ring (bicyclic) bond motifs is 2. The van der Waals surface area contributed by atoms with Gasteiger partial charge in [0, 0.05) is 26.2 Å². The number of benzene rings is 4. The number of nitrogens with zero attached hydrogens (tertiary/aromatic N) is 2. The summed E-state index contributed by atoms with van der Waals surface area (Å²) in [5, 5.41) is 28.7. The van der Waals surface area contributed by atoms with Crippen molar-refractivity contribution in [1.29, 1.82) is 0 Å². The lowest BCUT2D eigenvalue weighted by atomic mass is 10.0. The summed E-state index contributed by atoms with van der Waals surface area (Å²) >= 11 is 0. The zero-order chi connectivity index (χ0) is 77.8. The van der Waals surface area contributed by atoms with Gasteiger partial charge in [-0.2, -0.15) is 8.61 Å². The monoisotopic (exact) mass is 1570 g/mol. The molecule has 106 heavy (non-hydrogen) atoms. The summed E-state index contributed by atoms with van der Waals surface area (Å²) in [5.74, 6) is -0.651. The van der Waals surface area contributed by atoms with Crippen LogP contribution in [0, 0.1) is 23.7 Å². The van der Waals surface area contributed by atoms with E-state index in [1.54, 1.807) is 52.0 Å². The lowest BCUT2D eigenvalue weighted by Crippen LogP contribution is -2.51. The molecule has 8 rings (SSSR count). The predicted octanol–water partition coefficient (Wildman–Crippen LogP) is 7.36. The molecular formula is C70H102N4O28P2S2. The van der Waals surface area contributed by atoms with Crippen LogP contribution in [-0.4, -0.2) is 223 Å². The Kier molecular flexibility index (Phi) is 32.5. The lowest BCUT2D eigenvalue weighted by Gasteiger charge is -2.31. The first-order valence-corrected chi connectivity index (χ1v) is 41.2. The number of aliphatic hydroxyl groups excluding tert-OH is 2. The fraction of sp³-hybridized carbons (Fsp3) is 0.600. The van der Waals surface area contributed by atoms with Crippen LogP contribution in [0.3, 0.4) is 0 Å². The second-order valence-corrected chi connectivity index (χ2v) is 34.7. The van der Waals surface area contributed by atoms with E-state index in [1.807, 2.05) is 27.7 Å². The molecule has 2 amide bonds. The van der Waals surface area contributed by atoms with Crippen LogP contribution < -0.4 is 29.6 Å². The Morgan fingerprint density at radius 1 is 0.509 bits per heavy atom. The van der Waals surface area contributed by atoms with Gasteiger partial charge in [-0.1, -0.05) is 52.0 Å². The maximum absolute atomic E-state index is 14.0. The minimum atomic E-state index is -4.37. The smallest absolute Gasteiger partial charge is 0.407 e. The Bertz CT molecular complexity index is 3760. The molecule has 4 heterocycles. The first kappa shape index (κ1) is 86.7. The number of methoxy groups -OCH3 is 2. The van der Waals surface area contributed by atoms with Gasteiger partial charge in [-0.15, -0.1) is 0 Å². The van der Waals surface area contributed by atoms with Gasteiger partial charge in [0.25, 0.3) is 0 Å². The molecule has 4 aromatic carbocycles. The number of nitrogens with one attached hydrogen (secondary N) is 2. The third-order valence-corrected chi connectivity index (χ3v) is 22.8. The highest BCUT2D eigenvalue weighted by molar-refractivity contribution is 7.89. The van der Waals surface area contributed by atoms with E-state index in [0.29, 0.717) is 48.7 Å². The average Bonchev–Trinajstić information content (AvgIpc) is 0.896. The average molecular weight is 1570 g/mol. The molecule has 4 aliphatic heterocycles. The minimum Gasteiger partial charge on any atom is -0.497 e. The van der Waals surface area contributed by atoms with Crippen molar-refractivity contribution < 1.29 is 131 Å². The third-order valence-electron chi connectivity index (χ3n) is 16.9. The van der Waals surface area contributed by atoms with Gasteiger partial charge in [0.05, 0.1) is 98.8 Å². The number of carbonyl (C=O) groups excluding carboxylic acids is 4. The third kappa shape index (κ3) is 26.4. The molecule has 0 bridgehead atoms. The molecule has 0 aliphatic carbocycles. The van der Waals surface area contributed by atoms with Crippen LogP contribution >= 0.6 is 15.2 Å². The molecule has 592 valence electrons. The Morgan fingerprint density at radius 3 is 1.19 bits per heavy atom. The number of esters is 2. The molecule has 4 aliphatic rings. The molecule has 4 aromatic rings. The van der Waals surface area contributed by atoms with Crippen molar-refractivity contribution in [3.63, 3.8) is 0 Å². The molecule has 0 spiro atoms. The number of amides is 2. The molecule has 6 N–H and O–H groups in total. The van der Waals surface area contributed by atoms with Crippen LogP contribution in [-0.2, 0) is 98.5 Å².